The van der Waals surface area contributed by atoms with E-state index in [2.05, 4.69) is 37.6 Å². The van der Waals surface area contributed by atoms with Crippen LogP contribution >= 0.6 is 0 Å². The lowest BCUT2D eigenvalue weighted by Crippen LogP contribution is -2.27. The minimum Gasteiger partial charge on any atom is -0.494 e. The first-order chi connectivity index (χ1) is 19.5. The Morgan fingerprint density at radius 2 is 1.88 bits per heavy atom. The summed E-state index contributed by atoms with van der Waals surface area (Å²) < 4.78 is 45.8. The first kappa shape index (κ1) is 28.7. The van der Waals surface area contributed by atoms with Gasteiger partial charge in [0.05, 0.1) is 45.9 Å². The van der Waals surface area contributed by atoms with Gasteiger partial charge in [0.15, 0.2) is 23.0 Å². The fourth-order valence-corrected chi connectivity index (χ4v) is 4.13. The van der Waals surface area contributed by atoms with Gasteiger partial charge >= 0.3 is 5.97 Å². The summed E-state index contributed by atoms with van der Waals surface area (Å²) in [5.41, 5.74) is 3.81. The molecule has 2 heterocycles. The van der Waals surface area contributed by atoms with Crippen LogP contribution in [-0.2, 0) is 20.7 Å². The number of esters is 1. The molecule has 2 aromatic carbocycles. The molecule has 2 aromatic heterocycles. The number of imidazole rings is 1. The molecule has 0 saturated carbocycles. The van der Waals surface area contributed by atoms with Crippen LogP contribution in [0.1, 0.15) is 12.5 Å². The van der Waals surface area contributed by atoms with Gasteiger partial charge in [-0.25, -0.2) is 14.4 Å². The van der Waals surface area contributed by atoms with Crippen molar-refractivity contribution in [2.75, 3.05) is 57.7 Å². The number of benzene rings is 2. The molecule has 0 unspecified atom stereocenters. The predicted molar refractivity (Wildman–Crippen MR) is 148 cm³/mol. The number of anilines is 3. The third-order valence-corrected chi connectivity index (χ3v) is 6.20. The lowest BCUT2D eigenvalue weighted by Gasteiger charge is -2.14. The molecular weight excluding hydrogens is 522 g/mol. The Morgan fingerprint density at radius 1 is 1.05 bits per heavy atom. The van der Waals surface area contributed by atoms with Crippen molar-refractivity contribution < 1.29 is 27.8 Å². The number of hydrogen-bond acceptors (Lipinski definition) is 9. The molecular formula is C28H32F2N6O4. The van der Waals surface area contributed by atoms with E-state index in [0.717, 1.165) is 23.4 Å². The van der Waals surface area contributed by atoms with Crippen molar-refractivity contribution in [2.24, 2.45) is 0 Å². The number of nitrogens with one attached hydrogen (secondary N) is 3. The molecule has 0 bridgehead atoms. The fraction of sp³-hybridized carbons (Fsp3) is 0.321. The Bertz CT molecular complexity index is 1460. The molecule has 0 amide bonds. The topological polar surface area (TPSA) is 111 Å². The summed E-state index contributed by atoms with van der Waals surface area (Å²) in [5, 5.41) is 9.62. The minimum atomic E-state index is -1.05. The second-order valence-corrected chi connectivity index (χ2v) is 8.70. The highest BCUT2D eigenvalue weighted by Crippen LogP contribution is 2.32. The van der Waals surface area contributed by atoms with E-state index in [1.165, 1.54) is 32.5 Å². The number of rotatable bonds is 14. The maximum absolute atomic E-state index is 14.8. The van der Waals surface area contributed by atoms with E-state index in [0.29, 0.717) is 43.5 Å². The zero-order chi connectivity index (χ0) is 28.5. The van der Waals surface area contributed by atoms with Crippen molar-refractivity contribution in [3.63, 3.8) is 0 Å². The van der Waals surface area contributed by atoms with Crippen molar-refractivity contribution in [3.05, 3.63) is 66.1 Å². The molecule has 212 valence electrons. The van der Waals surface area contributed by atoms with Gasteiger partial charge in [-0.05, 0) is 42.3 Å². The molecule has 0 saturated heterocycles. The van der Waals surface area contributed by atoms with Gasteiger partial charge in [-0.1, -0.05) is 6.92 Å². The van der Waals surface area contributed by atoms with E-state index in [1.807, 2.05) is 18.2 Å². The summed E-state index contributed by atoms with van der Waals surface area (Å²) in [6, 6.07) is 8.76. The molecule has 3 N–H and O–H groups in total. The van der Waals surface area contributed by atoms with E-state index in [4.69, 9.17) is 9.47 Å². The molecule has 10 nitrogen and oxygen atoms in total. The number of carbonyl (C=O) groups is 1. The summed E-state index contributed by atoms with van der Waals surface area (Å²) in [5.74, 6) is -2.07. The molecule has 0 aliphatic heterocycles. The number of carbonyl (C=O) groups excluding carboxylic acids is 1. The zero-order valence-corrected chi connectivity index (χ0v) is 22.6. The molecule has 0 fully saturated rings. The number of halogens is 2. The van der Waals surface area contributed by atoms with Crippen LogP contribution in [0.5, 0.6) is 5.75 Å². The lowest BCUT2D eigenvalue weighted by molar-refractivity contribution is -0.139. The second kappa shape index (κ2) is 13.7. The van der Waals surface area contributed by atoms with Crippen LogP contribution in [0.25, 0.3) is 16.9 Å². The third kappa shape index (κ3) is 6.64. The Labute approximate surface area is 230 Å². The van der Waals surface area contributed by atoms with Crippen LogP contribution in [0.3, 0.4) is 0 Å². The van der Waals surface area contributed by atoms with Gasteiger partial charge in [0.25, 0.3) is 0 Å². The summed E-state index contributed by atoms with van der Waals surface area (Å²) in [6.07, 6.45) is 5.49. The van der Waals surface area contributed by atoms with Gasteiger partial charge in [-0.3, -0.25) is 9.20 Å². The van der Waals surface area contributed by atoms with Crippen molar-refractivity contribution in [2.45, 2.75) is 13.3 Å². The molecule has 0 aliphatic rings. The maximum atomic E-state index is 14.8. The van der Waals surface area contributed by atoms with Crippen LogP contribution in [0.15, 0.2) is 48.9 Å². The number of hydrogen-bond donors (Lipinski definition) is 3. The molecule has 4 aromatic rings. The number of methoxy groups -OCH3 is 2. The van der Waals surface area contributed by atoms with Gasteiger partial charge in [-0.2, -0.15) is 4.39 Å². The van der Waals surface area contributed by atoms with Crippen molar-refractivity contribution >= 4 is 28.8 Å². The number of aryl methyl sites for hydroxylation is 1. The van der Waals surface area contributed by atoms with Crippen molar-refractivity contribution in [3.8, 4) is 17.0 Å². The summed E-state index contributed by atoms with van der Waals surface area (Å²) in [7, 11) is 2.64. The Balaban J connectivity index is 1.40. The van der Waals surface area contributed by atoms with E-state index >= 15 is 0 Å². The molecule has 40 heavy (non-hydrogen) atoms. The average molecular weight is 555 g/mol. The normalized spacial score (nSPS) is 11.0. The second-order valence-electron chi connectivity index (χ2n) is 8.70. The molecule has 0 atom stereocenters. The summed E-state index contributed by atoms with van der Waals surface area (Å²) in [6.45, 7) is 4.39. The van der Waals surface area contributed by atoms with Crippen LogP contribution in [0, 0.1) is 11.6 Å². The standard InChI is InChI=1S/C28H32F2N6O4/c1-4-18-15-19(5-7-21(18)32-11-14-40-13-10-31-17-24(37)39-3)35-27-28-34-16-22(36(28)12-9-33-27)20-6-8-23(38-2)26(30)25(20)29/h5-9,12,15-16,31-32H,4,10-11,13-14,17H2,1-3H3,(H,33,35). The highest BCUT2D eigenvalue weighted by molar-refractivity contribution is 5.75. The third-order valence-electron chi connectivity index (χ3n) is 6.20. The van der Waals surface area contributed by atoms with Gasteiger partial charge in [0, 0.05) is 42.4 Å². The van der Waals surface area contributed by atoms with Crippen LogP contribution < -0.4 is 20.7 Å². The number of nitrogens with zero attached hydrogens (tertiary/aromatic N) is 3. The maximum Gasteiger partial charge on any atom is 0.319 e. The Hall–Kier alpha value is -4.29. The van der Waals surface area contributed by atoms with Gasteiger partial charge in [0.1, 0.15) is 0 Å². The molecule has 0 radical (unpaired) electrons. The SMILES string of the molecule is CCc1cc(Nc2nccn3c(-c4ccc(OC)c(F)c4F)cnc23)ccc1NCCOCCNCC(=O)OC. The highest BCUT2D eigenvalue weighted by Gasteiger charge is 2.19. The van der Waals surface area contributed by atoms with Crippen molar-refractivity contribution in [1.82, 2.24) is 19.7 Å². The summed E-state index contributed by atoms with van der Waals surface area (Å²) in [4.78, 5) is 19.9. The summed E-state index contributed by atoms with van der Waals surface area (Å²) >= 11 is 0. The minimum absolute atomic E-state index is 0.0630. The lowest BCUT2D eigenvalue weighted by atomic mass is 10.1. The Kier molecular flexibility index (Phi) is 9.81. The van der Waals surface area contributed by atoms with Crippen LogP contribution in [-0.4, -0.2) is 67.4 Å². The van der Waals surface area contributed by atoms with E-state index in [1.54, 1.807) is 16.8 Å². The molecule has 0 spiro atoms. The average Bonchev–Trinajstić information content (AvgIpc) is 3.41. The fourth-order valence-electron chi connectivity index (χ4n) is 4.13. The van der Waals surface area contributed by atoms with E-state index in [9.17, 15) is 13.6 Å². The predicted octanol–water partition coefficient (Wildman–Crippen LogP) is 4.18. The largest absolute Gasteiger partial charge is 0.494 e. The first-order valence-corrected chi connectivity index (χ1v) is 12.8. The number of fused-ring (bicyclic) bond motifs is 1. The van der Waals surface area contributed by atoms with Crippen LogP contribution in [0.2, 0.25) is 0 Å². The van der Waals surface area contributed by atoms with Crippen LogP contribution in [0.4, 0.5) is 26.0 Å². The quantitative estimate of drug-likeness (QED) is 0.156. The Morgan fingerprint density at radius 3 is 2.65 bits per heavy atom. The van der Waals surface area contributed by atoms with E-state index < -0.39 is 11.6 Å². The number of aromatic nitrogens is 3. The van der Waals surface area contributed by atoms with Gasteiger partial charge < -0.3 is 30.2 Å². The zero-order valence-electron chi connectivity index (χ0n) is 22.6. The number of ether oxygens (including phenoxy) is 3. The monoisotopic (exact) mass is 554 g/mol. The smallest absolute Gasteiger partial charge is 0.319 e. The van der Waals surface area contributed by atoms with Gasteiger partial charge in [-0.15, -0.1) is 0 Å². The highest BCUT2D eigenvalue weighted by atomic mass is 19.2. The molecule has 12 heteroatoms. The van der Waals surface area contributed by atoms with Gasteiger partial charge in [0.2, 0.25) is 5.82 Å². The molecule has 4 rings (SSSR count). The van der Waals surface area contributed by atoms with Crippen molar-refractivity contribution in [1.29, 1.82) is 0 Å². The molecule has 0 aliphatic carbocycles. The van der Waals surface area contributed by atoms with E-state index in [-0.39, 0.29) is 23.8 Å². The first-order valence-electron chi connectivity index (χ1n) is 12.8.